The maximum Gasteiger partial charge on any atom is 0.340 e. The molecule has 0 atom stereocenters. The van der Waals surface area contributed by atoms with Crippen LogP contribution in [0.15, 0.2) is 9.31 Å². The van der Waals surface area contributed by atoms with Gasteiger partial charge in [0.25, 0.3) is 0 Å². The molecule has 0 aliphatic rings. The quantitative estimate of drug-likeness (QED) is 0.811. The van der Waals surface area contributed by atoms with E-state index in [2.05, 4.69) is 0 Å². The molecule has 0 saturated carbocycles. The first-order chi connectivity index (χ1) is 9.14. The number of aryl methyl sites for hydroxylation is 2. The van der Waals surface area contributed by atoms with Crippen LogP contribution in [0, 0.1) is 13.8 Å². The van der Waals surface area contributed by atoms with Gasteiger partial charge in [0.05, 0.1) is 6.61 Å². The number of carboxylic acids is 1. The van der Waals surface area contributed by atoms with Gasteiger partial charge >= 0.3 is 5.97 Å². The highest BCUT2D eigenvalue weighted by Crippen LogP contribution is 2.30. The van der Waals surface area contributed by atoms with E-state index in [0.29, 0.717) is 0 Å². The Hall–Kier alpha value is -1.38. The van der Waals surface area contributed by atoms with Gasteiger partial charge in [-0.1, -0.05) is 0 Å². The summed E-state index contributed by atoms with van der Waals surface area (Å²) >= 11 is 0. The van der Waals surface area contributed by atoms with Crippen LogP contribution >= 0.6 is 0 Å². The molecular formula is C12H19NO6S. The second kappa shape index (κ2) is 5.94. The van der Waals surface area contributed by atoms with Crippen LogP contribution < -0.4 is 0 Å². The van der Waals surface area contributed by atoms with E-state index in [4.69, 9.17) is 9.52 Å². The van der Waals surface area contributed by atoms with Gasteiger partial charge in [-0.05, 0) is 27.7 Å². The van der Waals surface area contributed by atoms with Crippen LogP contribution in [0.2, 0.25) is 0 Å². The molecule has 0 aromatic carbocycles. The lowest BCUT2D eigenvalue weighted by Gasteiger charge is -2.25. The maximum absolute atomic E-state index is 12.6. The van der Waals surface area contributed by atoms with Gasteiger partial charge in [-0.15, -0.1) is 0 Å². The molecule has 0 spiro atoms. The zero-order valence-corrected chi connectivity index (χ0v) is 12.7. The van der Waals surface area contributed by atoms with E-state index >= 15 is 0 Å². The summed E-state index contributed by atoms with van der Waals surface area (Å²) in [5.74, 6) is -1.28. The molecule has 0 aliphatic carbocycles. The fraction of sp³-hybridized carbons (Fsp3) is 0.583. The number of aliphatic hydroxyl groups excluding tert-OH is 1. The summed E-state index contributed by atoms with van der Waals surface area (Å²) in [7, 11) is -4.05. The number of carboxylic acid groups (broad SMARTS) is 1. The lowest BCUT2D eigenvalue weighted by Crippen LogP contribution is -2.39. The number of hydrogen-bond donors (Lipinski definition) is 2. The van der Waals surface area contributed by atoms with Crippen molar-refractivity contribution in [2.24, 2.45) is 0 Å². The summed E-state index contributed by atoms with van der Waals surface area (Å²) in [6.45, 7) is 5.65. The van der Waals surface area contributed by atoms with Crippen molar-refractivity contribution >= 4 is 16.0 Å². The molecule has 1 aromatic rings. The Balaban J connectivity index is 3.53. The minimum Gasteiger partial charge on any atom is -0.478 e. The highest BCUT2D eigenvalue weighted by molar-refractivity contribution is 7.89. The van der Waals surface area contributed by atoms with Crippen molar-refractivity contribution in [3.63, 3.8) is 0 Å². The third kappa shape index (κ3) is 2.87. The van der Waals surface area contributed by atoms with E-state index in [0.717, 1.165) is 4.31 Å². The molecule has 7 nitrogen and oxygen atoms in total. The summed E-state index contributed by atoms with van der Waals surface area (Å²) in [6, 6.07) is -0.414. The van der Waals surface area contributed by atoms with E-state index in [9.17, 15) is 18.3 Å². The van der Waals surface area contributed by atoms with E-state index in [1.165, 1.54) is 13.8 Å². The average molecular weight is 305 g/mol. The molecular weight excluding hydrogens is 286 g/mol. The van der Waals surface area contributed by atoms with Gasteiger partial charge in [0.2, 0.25) is 10.0 Å². The van der Waals surface area contributed by atoms with Crippen LogP contribution in [0.25, 0.3) is 0 Å². The van der Waals surface area contributed by atoms with Gasteiger partial charge in [0, 0.05) is 12.6 Å². The lowest BCUT2D eigenvalue weighted by atomic mass is 10.2. The normalized spacial score (nSPS) is 12.3. The Morgan fingerprint density at radius 3 is 2.25 bits per heavy atom. The number of hydrogen-bond acceptors (Lipinski definition) is 5. The summed E-state index contributed by atoms with van der Waals surface area (Å²) in [5.41, 5.74) is -0.355. The Labute approximate surface area is 117 Å². The first-order valence-electron chi connectivity index (χ1n) is 6.10. The molecule has 0 unspecified atom stereocenters. The number of aliphatic hydroxyl groups is 1. The number of rotatable bonds is 6. The van der Waals surface area contributed by atoms with Crippen LogP contribution in [0.3, 0.4) is 0 Å². The largest absolute Gasteiger partial charge is 0.478 e. The predicted molar refractivity (Wildman–Crippen MR) is 71.3 cm³/mol. The zero-order chi connectivity index (χ0) is 15.7. The highest BCUT2D eigenvalue weighted by Gasteiger charge is 2.36. The summed E-state index contributed by atoms with van der Waals surface area (Å²) in [5, 5.41) is 18.2. The molecule has 1 heterocycles. The fourth-order valence-corrected chi connectivity index (χ4v) is 4.10. The third-order valence-electron chi connectivity index (χ3n) is 2.88. The molecule has 0 radical (unpaired) electrons. The van der Waals surface area contributed by atoms with Gasteiger partial charge < -0.3 is 14.6 Å². The van der Waals surface area contributed by atoms with Gasteiger partial charge in [0.1, 0.15) is 22.0 Å². The first kappa shape index (κ1) is 16.7. The molecule has 0 fully saturated rings. The van der Waals surface area contributed by atoms with Crippen molar-refractivity contribution in [2.45, 2.75) is 38.6 Å². The fourth-order valence-electron chi connectivity index (χ4n) is 2.09. The molecule has 1 aromatic heterocycles. The highest BCUT2D eigenvalue weighted by atomic mass is 32.2. The van der Waals surface area contributed by atoms with Gasteiger partial charge in [0.15, 0.2) is 0 Å². The number of aromatic carboxylic acids is 1. The molecule has 0 saturated heterocycles. The van der Waals surface area contributed by atoms with Crippen molar-refractivity contribution < 1.29 is 27.8 Å². The van der Waals surface area contributed by atoms with Gasteiger partial charge in [-0.25, -0.2) is 13.2 Å². The maximum atomic E-state index is 12.6. The van der Waals surface area contributed by atoms with Crippen LogP contribution in [-0.4, -0.2) is 48.1 Å². The van der Waals surface area contributed by atoms with Crippen LogP contribution in [-0.2, 0) is 10.0 Å². The number of nitrogens with zero attached hydrogens (tertiary/aromatic N) is 1. The smallest absolute Gasteiger partial charge is 0.340 e. The summed E-state index contributed by atoms with van der Waals surface area (Å²) < 4.78 is 31.4. The minimum absolute atomic E-state index is 0.0310. The van der Waals surface area contributed by atoms with Crippen molar-refractivity contribution in [1.29, 1.82) is 0 Å². The van der Waals surface area contributed by atoms with Crippen LogP contribution in [0.5, 0.6) is 0 Å². The van der Waals surface area contributed by atoms with E-state index in [1.807, 2.05) is 0 Å². The molecule has 0 bridgehead atoms. The Morgan fingerprint density at radius 1 is 1.30 bits per heavy atom. The SMILES string of the molecule is Cc1oc(C)c(S(=O)(=O)N(CCO)C(C)C)c1C(=O)O. The lowest BCUT2D eigenvalue weighted by molar-refractivity contribution is 0.0691. The molecule has 1 rings (SSSR count). The first-order valence-corrected chi connectivity index (χ1v) is 7.54. The van der Waals surface area contributed by atoms with E-state index < -0.39 is 22.0 Å². The molecule has 8 heteroatoms. The Kier molecular flexibility index (Phi) is 4.95. The molecule has 2 N–H and O–H groups in total. The minimum atomic E-state index is -4.05. The topological polar surface area (TPSA) is 108 Å². The second-order valence-corrected chi connectivity index (χ2v) is 6.48. The summed E-state index contributed by atoms with van der Waals surface area (Å²) in [6.07, 6.45) is 0. The molecule has 0 aliphatic heterocycles. The van der Waals surface area contributed by atoms with Crippen molar-refractivity contribution in [3.05, 3.63) is 17.1 Å². The van der Waals surface area contributed by atoms with Gasteiger partial charge in [-0.2, -0.15) is 4.31 Å². The van der Waals surface area contributed by atoms with Gasteiger partial charge in [-0.3, -0.25) is 0 Å². The zero-order valence-electron chi connectivity index (χ0n) is 11.9. The van der Waals surface area contributed by atoms with Crippen molar-refractivity contribution in [1.82, 2.24) is 4.31 Å². The number of carbonyl (C=O) groups is 1. The number of furan rings is 1. The van der Waals surface area contributed by atoms with E-state index in [1.54, 1.807) is 13.8 Å². The van der Waals surface area contributed by atoms with Crippen molar-refractivity contribution in [2.75, 3.05) is 13.2 Å². The Morgan fingerprint density at radius 2 is 1.85 bits per heavy atom. The molecule has 20 heavy (non-hydrogen) atoms. The van der Waals surface area contributed by atoms with Crippen molar-refractivity contribution in [3.8, 4) is 0 Å². The predicted octanol–water partition coefficient (Wildman–Crippen LogP) is 0.986. The standard InChI is InChI=1S/C12H19NO6S/c1-7(2)13(5-6-14)20(17,18)11-9(4)19-8(3)10(11)12(15)16/h7,14H,5-6H2,1-4H3,(H,15,16). The Bertz CT molecular complexity index is 602. The van der Waals surface area contributed by atoms with E-state index in [-0.39, 0.29) is 35.1 Å². The molecule has 114 valence electrons. The summed E-state index contributed by atoms with van der Waals surface area (Å²) in [4.78, 5) is 10.9. The average Bonchev–Trinajstić information content (AvgIpc) is 2.60. The third-order valence-corrected chi connectivity index (χ3v) is 5.11. The second-order valence-electron chi connectivity index (χ2n) is 4.66. The molecule has 0 amide bonds. The van der Waals surface area contributed by atoms with Crippen LogP contribution in [0.1, 0.15) is 35.7 Å². The van der Waals surface area contributed by atoms with Crippen LogP contribution in [0.4, 0.5) is 0 Å². The monoisotopic (exact) mass is 305 g/mol. The number of sulfonamides is 1.